The van der Waals surface area contributed by atoms with E-state index in [2.05, 4.69) is 20.3 Å². The number of nitro benzene ring substituents is 1. The molecule has 0 radical (unpaired) electrons. The van der Waals surface area contributed by atoms with E-state index in [-0.39, 0.29) is 29.4 Å². The van der Waals surface area contributed by atoms with Gasteiger partial charge in [-0.15, -0.1) is 5.10 Å². The molecule has 0 saturated carbocycles. The Morgan fingerprint density at radius 3 is 2.88 bits per heavy atom. The quantitative estimate of drug-likeness (QED) is 0.434. The highest BCUT2D eigenvalue weighted by atomic mass is 19.1. The summed E-state index contributed by atoms with van der Waals surface area (Å²) in [6.07, 6.45) is 1.47. The van der Waals surface area contributed by atoms with Crippen LogP contribution in [0.2, 0.25) is 0 Å². The summed E-state index contributed by atoms with van der Waals surface area (Å²) in [5.41, 5.74) is 6.52. The monoisotopic (exact) mass is 355 g/mol. The Morgan fingerprint density at radius 1 is 1.31 bits per heavy atom. The molecule has 0 aliphatic rings. The molecule has 0 spiro atoms. The minimum Gasteiger partial charge on any atom is -0.463 e. The summed E-state index contributed by atoms with van der Waals surface area (Å²) in [6, 6.07) is 6.63. The van der Waals surface area contributed by atoms with E-state index >= 15 is 0 Å². The van der Waals surface area contributed by atoms with Crippen LogP contribution < -0.4 is 5.73 Å². The summed E-state index contributed by atoms with van der Waals surface area (Å²) >= 11 is 0. The standard InChI is InChI=1S/C15H10FN7O3/c16-10-4-3-9(23(24)25)6-8(10)7-22-14-13(20-21-22)12(18-15(17)19-14)11-2-1-5-26-11/h1-6H,7H2,(H2,17,18,19). The molecule has 0 bridgehead atoms. The lowest BCUT2D eigenvalue weighted by Crippen LogP contribution is -2.07. The maximum Gasteiger partial charge on any atom is 0.269 e. The normalized spacial score (nSPS) is 11.1. The van der Waals surface area contributed by atoms with E-state index in [0.717, 1.165) is 18.2 Å². The van der Waals surface area contributed by atoms with Crippen molar-refractivity contribution in [2.24, 2.45) is 0 Å². The third-order valence-electron chi connectivity index (χ3n) is 3.69. The Hall–Kier alpha value is -3.89. The molecular formula is C15H10FN7O3. The van der Waals surface area contributed by atoms with Gasteiger partial charge in [0, 0.05) is 17.7 Å². The molecule has 10 nitrogen and oxygen atoms in total. The molecule has 4 aromatic rings. The van der Waals surface area contributed by atoms with Gasteiger partial charge in [-0.2, -0.15) is 4.98 Å². The van der Waals surface area contributed by atoms with E-state index in [4.69, 9.17) is 10.2 Å². The number of nitrogens with zero attached hydrogens (tertiary/aromatic N) is 6. The number of hydrogen-bond donors (Lipinski definition) is 1. The van der Waals surface area contributed by atoms with Crippen molar-refractivity contribution in [1.29, 1.82) is 0 Å². The second kappa shape index (κ2) is 5.88. The first kappa shape index (κ1) is 15.6. The number of aromatic nitrogens is 5. The van der Waals surface area contributed by atoms with E-state index in [1.54, 1.807) is 12.1 Å². The average Bonchev–Trinajstić information content (AvgIpc) is 3.26. The first-order chi connectivity index (χ1) is 12.5. The molecule has 26 heavy (non-hydrogen) atoms. The molecule has 0 amide bonds. The molecule has 0 fully saturated rings. The molecule has 130 valence electrons. The third-order valence-corrected chi connectivity index (χ3v) is 3.69. The summed E-state index contributed by atoms with van der Waals surface area (Å²) in [5, 5.41) is 18.9. The van der Waals surface area contributed by atoms with Crippen molar-refractivity contribution < 1.29 is 13.7 Å². The second-order valence-corrected chi connectivity index (χ2v) is 5.36. The van der Waals surface area contributed by atoms with Crippen LogP contribution in [0.1, 0.15) is 5.56 Å². The molecule has 3 aromatic heterocycles. The Bertz CT molecular complexity index is 1120. The summed E-state index contributed by atoms with van der Waals surface area (Å²) in [6.45, 7) is -0.113. The molecule has 0 atom stereocenters. The fraction of sp³-hybridized carbons (Fsp3) is 0.0667. The topological polar surface area (TPSA) is 139 Å². The van der Waals surface area contributed by atoms with Gasteiger partial charge in [0.1, 0.15) is 11.5 Å². The number of non-ortho nitro benzene ring substituents is 1. The lowest BCUT2D eigenvalue weighted by molar-refractivity contribution is -0.385. The van der Waals surface area contributed by atoms with Gasteiger partial charge in [0.05, 0.1) is 17.7 Å². The van der Waals surface area contributed by atoms with Crippen LogP contribution >= 0.6 is 0 Å². The average molecular weight is 355 g/mol. The zero-order valence-corrected chi connectivity index (χ0v) is 13.0. The van der Waals surface area contributed by atoms with E-state index in [1.807, 2.05) is 0 Å². The van der Waals surface area contributed by atoms with Crippen LogP contribution in [-0.4, -0.2) is 29.9 Å². The van der Waals surface area contributed by atoms with Crippen LogP contribution in [-0.2, 0) is 6.54 Å². The van der Waals surface area contributed by atoms with Crippen LogP contribution in [0.3, 0.4) is 0 Å². The number of halogens is 1. The first-order valence-corrected chi connectivity index (χ1v) is 7.36. The van der Waals surface area contributed by atoms with Crippen molar-refractivity contribution in [3.05, 3.63) is 58.1 Å². The molecule has 0 unspecified atom stereocenters. The highest BCUT2D eigenvalue weighted by Crippen LogP contribution is 2.26. The van der Waals surface area contributed by atoms with Gasteiger partial charge >= 0.3 is 0 Å². The van der Waals surface area contributed by atoms with Crippen LogP contribution in [0.4, 0.5) is 16.0 Å². The Kier molecular flexibility index (Phi) is 3.53. The van der Waals surface area contributed by atoms with Gasteiger partial charge in [-0.05, 0) is 18.2 Å². The van der Waals surface area contributed by atoms with Crippen LogP contribution in [0.25, 0.3) is 22.6 Å². The maximum absolute atomic E-state index is 14.1. The van der Waals surface area contributed by atoms with E-state index in [0.29, 0.717) is 17.0 Å². The van der Waals surface area contributed by atoms with Crippen molar-refractivity contribution in [2.75, 3.05) is 5.73 Å². The Labute approximate surface area is 144 Å². The highest BCUT2D eigenvalue weighted by Gasteiger charge is 2.19. The Morgan fingerprint density at radius 2 is 2.15 bits per heavy atom. The van der Waals surface area contributed by atoms with Crippen LogP contribution in [0.5, 0.6) is 0 Å². The third kappa shape index (κ3) is 2.60. The number of hydrogen-bond acceptors (Lipinski definition) is 8. The Balaban J connectivity index is 1.82. The van der Waals surface area contributed by atoms with Crippen LogP contribution in [0, 0.1) is 15.9 Å². The predicted molar refractivity (Wildman–Crippen MR) is 87.4 cm³/mol. The highest BCUT2D eigenvalue weighted by molar-refractivity contribution is 5.85. The fourth-order valence-corrected chi connectivity index (χ4v) is 2.52. The number of nitro groups is 1. The first-order valence-electron chi connectivity index (χ1n) is 7.36. The van der Waals surface area contributed by atoms with Gasteiger partial charge < -0.3 is 10.2 Å². The SMILES string of the molecule is Nc1nc(-c2ccco2)c2nnn(Cc3cc([N+](=O)[O-])ccc3F)c2n1. The summed E-state index contributed by atoms with van der Waals surface area (Å²) in [4.78, 5) is 18.5. The summed E-state index contributed by atoms with van der Waals surface area (Å²) < 4.78 is 20.7. The number of benzene rings is 1. The number of anilines is 1. The van der Waals surface area contributed by atoms with Gasteiger partial charge in [-0.1, -0.05) is 5.21 Å². The molecule has 0 aliphatic heterocycles. The molecular weight excluding hydrogens is 345 g/mol. The molecule has 1 aromatic carbocycles. The minimum atomic E-state index is -0.604. The lowest BCUT2D eigenvalue weighted by atomic mass is 10.2. The molecule has 0 saturated heterocycles. The number of nitrogen functional groups attached to an aromatic ring is 1. The smallest absolute Gasteiger partial charge is 0.269 e. The van der Waals surface area contributed by atoms with E-state index < -0.39 is 10.7 Å². The predicted octanol–water partition coefficient (Wildman–Crippen LogP) is 2.16. The molecule has 2 N–H and O–H groups in total. The van der Waals surface area contributed by atoms with Gasteiger partial charge in [0.25, 0.3) is 5.69 Å². The number of furan rings is 1. The van der Waals surface area contributed by atoms with Crippen molar-refractivity contribution >= 4 is 22.8 Å². The minimum absolute atomic E-state index is 0.0352. The molecule has 4 rings (SSSR count). The number of rotatable bonds is 4. The zero-order chi connectivity index (χ0) is 18.3. The van der Waals surface area contributed by atoms with Crippen molar-refractivity contribution in [3.63, 3.8) is 0 Å². The second-order valence-electron chi connectivity index (χ2n) is 5.36. The summed E-state index contributed by atoms with van der Waals surface area (Å²) in [5.74, 6) is -0.211. The number of fused-ring (bicyclic) bond motifs is 1. The fourth-order valence-electron chi connectivity index (χ4n) is 2.52. The van der Waals surface area contributed by atoms with Gasteiger partial charge in [0.2, 0.25) is 5.95 Å². The van der Waals surface area contributed by atoms with Crippen molar-refractivity contribution in [3.8, 4) is 11.5 Å². The van der Waals surface area contributed by atoms with E-state index in [9.17, 15) is 14.5 Å². The van der Waals surface area contributed by atoms with Gasteiger partial charge in [0.15, 0.2) is 16.9 Å². The molecule has 11 heteroatoms. The van der Waals surface area contributed by atoms with Crippen molar-refractivity contribution in [1.82, 2.24) is 25.0 Å². The van der Waals surface area contributed by atoms with Gasteiger partial charge in [-0.25, -0.2) is 14.1 Å². The maximum atomic E-state index is 14.1. The number of nitrogens with two attached hydrogens (primary N) is 1. The molecule has 3 heterocycles. The van der Waals surface area contributed by atoms with Crippen LogP contribution in [0.15, 0.2) is 41.0 Å². The largest absolute Gasteiger partial charge is 0.463 e. The summed E-state index contributed by atoms with van der Waals surface area (Å²) in [7, 11) is 0. The van der Waals surface area contributed by atoms with Gasteiger partial charge in [-0.3, -0.25) is 10.1 Å². The molecule has 0 aliphatic carbocycles. The zero-order valence-electron chi connectivity index (χ0n) is 13.0. The van der Waals surface area contributed by atoms with E-state index in [1.165, 1.54) is 10.9 Å². The lowest BCUT2D eigenvalue weighted by Gasteiger charge is -2.05. The van der Waals surface area contributed by atoms with Crippen molar-refractivity contribution in [2.45, 2.75) is 6.54 Å².